The number of allylic oxidation sites excluding steroid dienone is 2. The number of hydrogen-bond donors (Lipinski definition) is 0. The molecule has 0 unspecified atom stereocenters. The summed E-state index contributed by atoms with van der Waals surface area (Å²) in [6.07, 6.45) is 4.75. The fourth-order valence-electron chi connectivity index (χ4n) is 2.15. The van der Waals surface area contributed by atoms with E-state index < -0.39 is 0 Å². The van der Waals surface area contributed by atoms with E-state index in [1.54, 1.807) is 12.1 Å². The van der Waals surface area contributed by atoms with Gasteiger partial charge >= 0.3 is 0 Å². The van der Waals surface area contributed by atoms with Crippen molar-refractivity contribution >= 4 is 12.1 Å². The first-order valence-corrected chi connectivity index (χ1v) is 5.47. The van der Waals surface area contributed by atoms with Crippen LogP contribution in [0.4, 0.5) is 0 Å². The minimum atomic E-state index is -0.143. The first kappa shape index (κ1) is 10.8. The van der Waals surface area contributed by atoms with Crippen molar-refractivity contribution in [3.8, 4) is 0 Å². The van der Waals surface area contributed by atoms with Gasteiger partial charge in [0.15, 0.2) is 5.78 Å². The van der Waals surface area contributed by atoms with Crippen LogP contribution in [0.25, 0.3) is 0 Å². The molecule has 0 aliphatic heterocycles. The lowest BCUT2D eigenvalue weighted by Gasteiger charge is -1.97. The highest BCUT2D eigenvalue weighted by molar-refractivity contribution is 6.02. The van der Waals surface area contributed by atoms with E-state index >= 15 is 0 Å². The van der Waals surface area contributed by atoms with Gasteiger partial charge in [-0.3, -0.25) is 4.79 Å². The van der Waals surface area contributed by atoms with Crippen LogP contribution < -0.4 is 0 Å². The molecule has 2 nitrogen and oxygen atoms in total. The van der Waals surface area contributed by atoms with Gasteiger partial charge in [0.25, 0.3) is 0 Å². The summed E-state index contributed by atoms with van der Waals surface area (Å²) >= 11 is 0. The average Bonchev–Trinajstić information content (AvgIpc) is 3.03. The Morgan fingerprint density at radius 1 is 1.19 bits per heavy atom. The molecule has 1 saturated carbocycles. The maximum Gasteiger partial charge on any atom is 0.167 e. The van der Waals surface area contributed by atoms with Crippen LogP contribution in [-0.2, 0) is 4.79 Å². The van der Waals surface area contributed by atoms with E-state index in [-0.39, 0.29) is 23.5 Å². The molecule has 0 amide bonds. The van der Waals surface area contributed by atoms with Gasteiger partial charge in [0.1, 0.15) is 6.29 Å². The van der Waals surface area contributed by atoms with Crippen molar-refractivity contribution < 1.29 is 9.59 Å². The number of aldehydes is 1. The summed E-state index contributed by atoms with van der Waals surface area (Å²) in [5.41, 5.74) is 0.700. The largest absolute Gasteiger partial charge is 0.303 e. The van der Waals surface area contributed by atoms with Crippen molar-refractivity contribution in [1.82, 2.24) is 0 Å². The number of benzene rings is 1. The van der Waals surface area contributed by atoms with Gasteiger partial charge in [0.2, 0.25) is 0 Å². The van der Waals surface area contributed by atoms with Crippen molar-refractivity contribution in [2.75, 3.05) is 0 Å². The number of rotatable bonds is 4. The monoisotopic (exact) mass is 214 g/mol. The molecule has 2 rings (SSSR count). The molecule has 82 valence electrons. The molecule has 0 heterocycles. The third-order valence-corrected chi connectivity index (χ3v) is 3.07. The maximum absolute atomic E-state index is 12.1. The van der Waals surface area contributed by atoms with Gasteiger partial charge < -0.3 is 4.79 Å². The molecule has 0 spiro atoms. The van der Waals surface area contributed by atoms with E-state index in [0.717, 1.165) is 6.29 Å². The molecule has 1 aromatic carbocycles. The SMILES string of the molecule is C/C=C/[C@@H]1[C@@H](C=O)[C@H]1C(=O)c1ccccc1. The molecule has 0 bridgehead atoms. The Labute approximate surface area is 95.0 Å². The Hall–Kier alpha value is -1.70. The fourth-order valence-corrected chi connectivity index (χ4v) is 2.15. The average molecular weight is 214 g/mol. The van der Waals surface area contributed by atoms with Crippen molar-refractivity contribution in [1.29, 1.82) is 0 Å². The highest BCUT2D eigenvalue weighted by Crippen LogP contribution is 2.47. The molecule has 2 heteroatoms. The summed E-state index contributed by atoms with van der Waals surface area (Å²) in [6.45, 7) is 1.91. The lowest BCUT2D eigenvalue weighted by atomic mass is 10.1. The molecule has 3 atom stereocenters. The summed E-state index contributed by atoms with van der Waals surface area (Å²) in [7, 11) is 0. The summed E-state index contributed by atoms with van der Waals surface area (Å²) in [4.78, 5) is 22.9. The minimum Gasteiger partial charge on any atom is -0.303 e. The quantitative estimate of drug-likeness (QED) is 0.438. The second-order valence-electron chi connectivity index (χ2n) is 4.07. The lowest BCUT2D eigenvalue weighted by Crippen LogP contribution is -2.04. The second-order valence-corrected chi connectivity index (χ2v) is 4.07. The van der Waals surface area contributed by atoms with E-state index in [4.69, 9.17) is 0 Å². The van der Waals surface area contributed by atoms with Crippen LogP contribution in [-0.4, -0.2) is 12.1 Å². The highest BCUT2D eigenvalue weighted by Gasteiger charge is 2.52. The lowest BCUT2D eigenvalue weighted by molar-refractivity contribution is -0.109. The van der Waals surface area contributed by atoms with E-state index in [1.165, 1.54) is 0 Å². The number of carbonyl (C=O) groups excluding carboxylic acids is 2. The number of Topliss-reactive ketones (excluding diaryl/α,β-unsaturated/α-hetero) is 1. The Bertz CT molecular complexity index is 420. The Morgan fingerprint density at radius 3 is 2.44 bits per heavy atom. The Morgan fingerprint density at radius 2 is 1.88 bits per heavy atom. The molecular formula is C14H14O2. The van der Waals surface area contributed by atoms with Gasteiger partial charge in [-0.05, 0) is 12.8 Å². The van der Waals surface area contributed by atoms with Gasteiger partial charge in [-0.25, -0.2) is 0 Å². The van der Waals surface area contributed by atoms with E-state index in [0.29, 0.717) is 5.56 Å². The molecule has 0 radical (unpaired) electrons. The smallest absolute Gasteiger partial charge is 0.167 e. The predicted molar refractivity (Wildman–Crippen MR) is 62.1 cm³/mol. The van der Waals surface area contributed by atoms with Crippen LogP contribution in [0.1, 0.15) is 17.3 Å². The molecule has 16 heavy (non-hydrogen) atoms. The van der Waals surface area contributed by atoms with Crippen LogP contribution in [0.2, 0.25) is 0 Å². The van der Waals surface area contributed by atoms with Gasteiger partial charge in [-0.2, -0.15) is 0 Å². The van der Waals surface area contributed by atoms with Crippen molar-refractivity contribution in [2.45, 2.75) is 6.92 Å². The molecule has 0 aromatic heterocycles. The molecule has 1 aliphatic carbocycles. The maximum atomic E-state index is 12.1. The molecule has 1 aliphatic rings. The predicted octanol–water partition coefficient (Wildman–Crippen LogP) is 2.51. The zero-order chi connectivity index (χ0) is 11.5. The topological polar surface area (TPSA) is 34.1 Å². The van der Waals surface area contributed by atoms with Crippen molar-refractivity contribution in [2.24, 2.45) is 17.8 Å². The zero-order valence-electron chi connectivity index (χ0n) is 9.17. The van der Waals surface area contributed by atoms with Crippen LogP contribution in [0.3, 0.4) is 0 Å². The van der Waals surface area contributed by atoms with Gasteiger partial charge in [0.05, 0.1) is 0 Å². The van der Waals surface area contributed by atoms with Crippen molar-refractivity contribution in [3.05, 3.63) is 48.0 Å². The van der Waals surface area contributed by atoms with Crippen LogP contribution in [0.15, 0.2) is 42.5 Å². The number of ketones is 1. The molecular weight excluding hydrogens is 200 g/mol. The molecule has 1 fully saturated rings. The second kappa shape index (κ2) is 4.44. The van der Waals surface area contributed by atoms with Crippen molar-refractivity contribution in [3.63, 3.8) is 0 Å². The van der Waals surface area contributed by atoms with Gasteiger partial charge in [0, 0.05) is 17.4 Å². The van der Waals surface area contributed by atoms with E-state index in [2.05, 4.69) is 0 Å². The number of hydrogen-bond acceptors (Lipinski definition) is 2. The van der Waals surface area contributed by atoms with E-state index in [1.807, 2.05) is 37.3 Å². The van der Waals surface area contributed by atoms with Crippen LogP contribution in [0.5, 0.6) is 0 Å². The third kappa shape index (κ3) is 1.83. The van der Waals surface area contributed by atoms with Crippen LogP contribution in [0, 0.1) is 17.8 Å². The summed E-state index contributed by atoms with van der Waals surface area (Å²) in [5, 5.41) is 0. The summed E-state index contributed by atoms with van der Waals surface area (Å²) in [6, 6.07) is 9.17. The highest BCUT2D eigenvalue weighted by atomic mass is 16.1. The van der Waals surface area contributed by atoms with Crippen LogP contribution >= 0.6 is 0 Å². The van der Waals surface area contributed by atoms with Gasteiger partial charge in [-0.15, -0.1) is 0 Å². The third-order valence-electron chi connectivity index (χ3n) is 3.07. The normalized spacial score (nSPS) is 27.9. The minimum absolute atomic E-state index is 0.0841. The molecule has 1 aromatic rings. The summed E-state index contributed by atoms with van der Waals surface area (Å²) < 4.78 is 0. The fraction of sp³-hybridized carbons (Fsp3) is 0.286. The first-order chi connectivity index (χ1) is 7.79. The summed E-state index contributed by atoms with van der Waals surface area (Å²) in [5.74, 6) is -0.0731. The molecule has 0 saturated heterocycles. The standard InChI is InChI=1S/C14H14O2/c1-2-6-11-12(9-15)13(11)14(16)10-7-4-3-5-8-10/h2-9,11-13H,1H3/b6-2+/t11-,12-,13+/m1/s1. The zero-order valence-corrected chi connectivity index (χ0v) is 9.17. The molecule has 0 N–H and O–H groups in total. The number of carbonyl (C=O) groups is 2. The Balaban J connectivity index is 2.15. The Kier molecular flexibility index (Phi) is 3.00. The van der Waals surface area contributed by atoms with Gasteiger partial charge in [-0.1, -0.05) is 42.5 Å². The van der Waals surface area contributed by atoms with E-state index in [9.17, 15) is 9.59 Å². The first-order valence-electron chi connectivity index (χ1n) is 5.47.